The number of nitrogens with zero attached hydrogens (tertiary/aromatic N) is 1. The van der Waals surface area contributed by atoms with Gasteiger partial charge in [0, 0.05) is 16.8 Å². The van der Waals surface area contributed by atoms with Crippen LogP contribution in [0.1, 0.15) is 71.0 Å². The van der Waals surface area contributed by atoms with Gasteiger partial charge in [-0.15, -0.1) is 11.3 Å². The van der Waals surface area contributed by atoms with Gasteiger partial charge < -0.3 is 5.32 Å². The molecule has 0 saturated heterocycles. The van der Waals surface area contributed by atoms with Crippen molar-refractivity contribution >= 4 is 11.3 Å². The summed E-state index contributed by atoms with van der Waals surface area (Å²) in [6.45, 7) is 12.3. The molecule has 0 fully saturated rings. The number of hydrogen-bond donors (Lipinski definition) is 1. The fraction of sp³-hybridized carbons (Fsp3) is 0.812. The van der Waals surface area contributed by atoms with Gasteiger partial charge >= 0.3 is 0 Å². The van der Waals surface area contributed by atoms with Crippen LogP contribution in [0.5, 0.6) is 0 Å². The van der Waals surface area contributed by atoms with Gasteiger partial charge in [0.2, 0.25) is 0 Å². The molecule has 19 heavy (non-hydrogen) atoms. The Morgan fingerprint density at radius 1 is 1.32 bits per heavy atom. The maximum absolute atomic E-state index is 4.76. The molecule has 2 nitrogen and oxygen atoms in total. The highest BCUT2D eigenvalue weighted by Crippen LogP contribution is 2.24. The molecule has 0 aliphatic rings. The van der Waals surface area contributed by atoms with E-state index >= 15 is 0 Å². The highest BCUT2D eigenvalue weighted by atomic mass is 32.1. The summed E-state index contributed by atoms with van der Waals surface area (Å²) >= 11 is 1.82. The predicted molar refractivity (Wildman–Crippen MR) is 86.1 cm³/mol. The average molecular weight is 282 g/mol. The highest BCUT2D eigenvalue weighted by Gasteiger charge is 2.17. The van der Waals surface area contributed by atoms with Crippen molar-refractivity contribution in [2.75, 3.05) is 6.54 Å². The van der Waals surface area contributed by atoms with Crippen LogP contribution < -0.4 is 5.32 Å². The van der Waals surface area contributed by atoms with Crippen molar-refractivity contribution in [1.82, 2.24) is 10.3 Å². The molecule has 1 atom stereocenters. The van der Waals surface area contributed by atoms with Gasteiger partial charge in [0.25, 0.3) is 0 Å². The van der Waals surface area contributed by atoms with Crippen LogP contribution in [-0.2, 0) is 11.8 Å². The molecule has 3 heteroatoms. The predicted octanol–water partition coefficient (Wildman–Crippen LogP) is 4.54. The number of hydrogen-bond acceptors (Lipinski definition) is 3. The molecule has 0 amide bonds. The van der Waals surface area contributed by atoms with Crippen LogP contribution in [0, 0.1) is 0 Å². The first-order chi connectivity index (χ1) is 8.97. The molecular weight excluding hydrogens is 252 g/mol. The zero-order valence-electron chi connectivity index (χ0n) is 13.3. The monoisotopic (exact) mass is 282 g/mol. The molecule has 110 valence electrons. The Kier molecular flexibility index (Phi) is 7.01. The number of nitrogens with one attached hydrogen (secondary N) is 1. The maximum Gasteiger partial charge on any atom is 0.0928 e. The SMILES string of the molecule is CCCNC(CC)CCCc1nc(C(C)(C)C)cs1. The Hall–Kier alpha value is -0.410. The van der Waals surface area contributed by atoms with Gasteiger partial charge in [-0.3, -0.25) is 0 Å². The van der Waals surface area contributed by atoms with Crippen molar-refractivity contribution in [2.24, 2.45) is 0 Å². The standard InChI is InChI=1S/C16H30N2S/c1-6-11-17-13(7-2)9-8-10-15-18-14(12-19-15)16(3,4)5/h12-13,17H,6-11H2,1-5H3. The number of thiazole rings is 1. The van der Waals surface area contributed by atoms with E-state index in [0.717, 1.165) is 13.0 Å². The van der Waals surface area contributed by atoms with Gasteiger partial charge in [0.15, 0.2) is 0 Å². The van der Waals surface area contributed by atoms with E-state index in [2.05, 4.69) is 45.3 Å². The number of aryl methyl sites for hydroxylation is 1. The molecule has 1 unspecified atom stereocenters. The average Bonchev–Trinajstić information content (AvgIpc) is 2.82. The Bertz CT molecular complexity index is 352. The summed E-state index contributed by atoms with van der Waals surface area (Å²) in [4.78, 5) is 4.76. The third-order valence-electron chi connectivity index (χ3n) is 3.44. The first-order valence-corrected chi connectivity index (χ1v) is 8.53. The van der Waals surface area contributed by atoms with E-state index in [9.17, 15) is 0 Å². The molecule has 0 saturated carbocycles. The normalized spacial score (nSPS) is 13.7. The van der Waals surface area contributed by atoms with Crippen LogP contribution in [0.25, 0.3) is 0 Å². The largest absolute Gasteiger partial charge is 0.314 e. The summed E-state index contributed by atoms with van der Waals surface area (Å²) in [5.74, 6) is 0. The summed E-state index contributed by atoms with van der Waals surface area (Å²) in [5, 5.41) is 7.14. The highest BCUT2D eigenvalue weighted by molar-refractivity contribution is 7.09. The fourth-order valence-electron chi connectivity index (χ4n) is 2.07. The van der Waals surface area contributed by atoms with Crippen molar-refractivity contribution in [3.63, 3.8) is 0 Å². The molecule has 0 aromatic carbocycles. The first kappa shape index (κ1) is 16.6. The second-order valence-corrected chi connectivity index (χ2v) is 7.27. The minimum absolute atomic E-state index is 0.184. The molecule has 0 aliphatic heterocycles. The van der Waals surface area contributed by atoms with Crippen LogP contribution in [-0.4, -0.2) is 17.6 Å². The lowest BCUT2D eigenvalue weighted by Crippen LogP contribution is -2.29. The van der Waals surface area contributed by atoms with Crippen molar-refractivity contribution in [3.8, 4) is 0 Å². The lowest BCUT2D eigenvalue weighted by Gasteiger charge is -2.16. The first-order valence-electron chi connectivity index (χ1n) is 7.65. The number of aromatic nitrogens is 1. The summed E-state index contributed by atoms with van der Waals surface area (Å²) < 4.78 is 0. The zero-order chi connectivity index (χ0) is 14.3. The van der Waals surface area contributed by atoms with E-state index in [1.54, 1.807) is 0 Å². The summed E-state index contributed by atoms with van der Waals surface area (Å²) in [5.41, 5.74) is 1.42. The van der Waals surface area contributed by atoms with Crippen molar-refractivity contribution in [2.45, 2.75) is 78.2 Å². The lowest BCUT2D eigenvalue weighted by molar-refractivity contribution is 0.455. The van der Waals surface area contributed by atoms with Crippen LogP contribution in [0.15, 0.2) is 5.38 Å². The molecule has 0 bridgehead atoms. The second kappa shape index (κ2) is 8.01. The van der Waals surface area contributed by atoms with E-state index in [1.807, 2.05) is 11.3 Å². The molecule has 1 rings (SSSR count). The molecule has 1 N–H and O–H groups in total. The van der Waals surface area contributed by atoms with Crippen LogP contribution in [0.3, 0.4) is 0 Å². The van der Waals surface area contributed by atoms with Crippen LogP contribution in [0.2, 0.25) is 0 Å². The van der Waals surface area contributed by atoms with Crippen molar-refractivity contribution < 1.29 is 0 Å². The van der Waals surface area contributed by atoms with E-state index in [0.29, 0.717) is 6.04 Å². The molecular formula is C16H30N2S. The van der Waals surface area contributed by atoms with E-state index in [1.165, 1.54) is 36.4 Å². The summed E-state index contributed by atoms with van der Waals surface area (Å²) in [6, 6.07) is 0.682. The molecule has 1 heterocycles. The van der Waals surface area contributed by atoms with E-state index < -0.39 is 0 Å². The van der Waals surface area contributed by atoms with Crippen LogP contribution in [0.4, 0.5) is 0 Å². The quantitative estimate of drug-likeness (QED) is 0.757. The lowest BCUT2D eigenvalue weighted by atomic mass is 9.93. The molecule has 0 radical (unpaired) electrons. The molecule has 0 aliphatic carbocycles. The molecule has 1 aromatic rings. The van der Waals surface area contributed by atoms with E-state index in [-0.39, 0.29) is 5.41 Å². The topological polar surface area (TPSA) is 24.9 Å². The van der Waals surface area contributed by atoms with Gasteiger partial charge in [-0.2, -0.15) is 0 Å². The fourth-order valence-corrected chi connectivity index (χ4v) is 3.14. The third-order valence-corrected chi connectivity index (χ3v) is 4.35. The number of rotatable bonds is 8. The minimum Gasteiger partial charge on any atom is -0.314 e. The Morgan fingerprint density at radius 3 is 2.58 bits per heavy atom. The second-order valence-electron chi connectivity index (χ2n) is 6.33. The van der Waals surface area contributed by atoms with Gasteiger partial charge in [-0.1, -0.05) is 34.6 Å². The van der Waals surface area contributed by atoms with Gasteiger partial charge in [0.1, 0.15) is 0 Å². The third kappa shape index (κ3) is 6.05. The molecule has 0 spiro atoms. The van der Waals surface area contributed by atoms with Gasteiger partial charge in [0.05, 0.1) is 10.7 Å². The Labute approximate surface area is 123 Å². The van der Waals surface area contributed by atoms with Crippen molar-refractivity contribution in [3.05, 3.63) is 16.1 Å². The van der Waals surface area contributed by atoms with Crippen LogP contribution >= 0.6 is 11.3 Å². The molecule has 1 aromatic heterocycles. The Balaban J connectivity index is 2.34. The van der Waals surface area contributed by atoms with Gasteiger partial charge in [-0.05, 0) is 38.6 Å². The minimum atomic E-state index is 0.184. The maximum atomic E-state index is 4.76. The summed E-state index contributed by atoms with van der Waals surface area (Å²) in [7, 11) is 0. The smallest absolute Gasteiger partial charge is 0.0928 e. The zero-order valence-corrected chi connectivity index (χ0v) is 14.1. The van der Waals surface area contributed by atoms with Crippen molar-refractivity contribution in [1.29, 1.82) is 0 Å². The summed E-state index contributed by atoms with van der Waals surface area (Å²) in [6.07, 6.45) is 6.08. The van der Waals surface area contributed by atoms with Gasteiger partial charge in [-0.25, -0.2) is 4.98 Å². The van der Waals surface area contributed by atoms with E-state index in [4.69, 9.17) is 4.98 Å². The Morgan fingerprint density at radius 2 is 2.05 bits per heavy atom.